The maximum absolute atomic E-state index is 13.1. The van der Waals surface area contributed by atoms with Gasteiger partial charge in [0.15, 0.2) is 5.03 Å². The highest BCUT2D eigenvalue weighted by Crippen LogP contribution is 2.55. The highest BCUT2D eigenvalue weighted by atomic mass is 32.2. The van der Waals surface area contributed by atoms with Gasteiger partial charge in [0.1, 0.15) is 5.65 Å². The minimum Gasteiger partial charge on any atom is -0.289 e. The molecule has 1 N–H and O–H groups in total. The van der Waals surface area contributed by atoms with Crippen molar-refractivity contribution in [1.29, 1.82) is 0 Å². The Morgan fingerprint density at radius 2 is 1.88 bits per heavy atom. The molecule has 2 heterocycles. The highest BCUT2D eigenvalue weighted by molar-refractivity contribution is 7.92. The van der Waals surface area contributed by atoms with Crippen LogP contribution in [0.2, 0.25) is 0 Å². The van der Waals surface area contributed by atoms with Gasteiger partial charge >= 0.3 is 0 Å². The molecule has 1 fully saturated rings. The van der Waals surface area contributed by atoms with E-state index in [0.717, 1.165) is 0 Å². The van der Waals surface area contributed by atoms with Crippen LogP contribution in [0, 0.1) is 0 Å². The number of imidazole rings is 1. The van der Waals surface area contributed by atoms with Gasteiger partial charge in [0.25, 0.3) is 15.9 Å². The van der Waals surface area contributed by atoms with Crippen LogP contribution in [0.25, 0.3) is 5.65 Å². The third kappa shape index (κ3) is 2.52. The second kappa shape index (κ2) is 5.01. The Morgan fingerprint density at radius 1 is 1.17 bits per heavy atom. The van der Waals surface area contributed by atoms with Gasteiger partial charge in [0, 0.05) is 18.3 Å². The fourth-order valence-electron chi connectivity index (χ4n) is 2.67. The van der Waals surface area contributed by atoms with E-state index in [1.54, 1.807) is 24.4 Å². The lowest BCUT2D eigenvalue weighted by Gasteiger charge is -2.08. The second-order valence-corrected chi connectivity index (χ2v) is 7.40. The van der Waals surface area contributed by atoms with Gasteiger partial charge in [-0.25, -0.2) is 13.8 Å². The van der Waals surface area contributed by atoms with E-state index in [1.165, 1.54) is 34.9 Å². The molecule has 3 aromatic rings. The number of benzene rings is 1. The summed E-state index contributed by atoms with van der Waals surface area (Å²) in [7, 11) is -3.83. The van der Waals surface area contributed by atoms with Crippen LogP contribution in [0.3, 0.4) is 0 Å². The number of anilines is 1. The zero-order valence-corrected chi connectivity index (χ0v) is 13.2. The molecule has 1 aliphatic rings. The summed E-state index contributed by atoms with van der Waals surface area (Å²) in [6, 6.07) is 11.2. The van der Waals surface area contributed by atoms with E-state index < -0.39 is 21.9 Å². The summed E-state index contributed by atoms with van der Waals surface area (Å²) < 4.78 is 55.1. The summed E-state index contributed by atoms with van der Waals surface area (Å²) >= 11 is 0. The highest BCUT2D eigenvalue weighted by Gasteiger charge is 2.57. The van der Waals surface area contributed by atoms with Crippen LogP contribution in [0.1, 0.15) is 17.9 Å². The van der Waals surface area contributed by atoms with E-state index in [4.69, 9.17) is 0 Å². The molecule has 1 saturated carbocycles. The number of alkyl halides is 2. The van der Waals surface area contributed by atoms with Crippen molar-refractivity contribution in [3.8, 4) is 0 Å². The van der Waals surface area contributed by atoms with Gasteiger partial charge in [0.05, 0.1) is 12.1 Å². The summed E-state index contributed by atoms with van der Waals surface area (Å²) in [6.07, 6.45) is 2.73. The summed E-state index contributed by atoms with van der Waals surface area (Å²) in [5.74, 6) is -3.40. The first kappa shape index (κ1) is 15.1. The number of rotatable bonds is 4. The van der Waals surface area contributed by atoms with Crippen LogP contribution in [0.15, 0.2) is 59.9 Å². The Morgan fingerprint density at radius 3 is 2.54 bits per heavy atom. The monoisotopic (exact) mass is 349 g/mol. The average molecular weight is 349 g/mol. The van der Waals surface area contributed by atoms with Crippen molar-refractivity contribution in [2.75, 3.05) is 4.72 Å². The third-order valence-corrected chi connectivity index (χ3v) is 5.41. The number of aromatic nitrogens is 2. The summed E-state index contributed by atoms with van der Waals surface area (Å²) in [6.45, 7) is 0. The summed E-state index contributed by atoms with van der Waals surface area (Å²) in [4.78, 5) is 4.05. The number of hydrogen-bond acceptors (Lipinski definition) is 3. The smallest absolute Gasteiger partial charge is 0.279 e. The average Bonchev–Trinajstić information content (AvgIpc) is 2.98. The normalized spacial score (nSPS) is 19.3. The van der Waals surface area contributed by atoms with Crippen LogP contribution in [0.4, 0.5) is 14.5 Å². The van der Waals surface area contributed by atoms with Crippen LogP contribution in [0.5, 0.6) is 0 Å². The Labute approximate surface area is 137 Å². The van der Waals surface area contributed by atoms with E-state index in [2.05, 4.69) is 9.71 Å². The molecule has 1 aromatic carbocycles. The van der Waals surface area contributed by atoms with Crippen molar-refractivity contribution in [2.45, 2.75) is 23.3 Å². The molecule has 2 aromatic heterocycles. The lowest BCUT2D eigenvalue weighted by molar-refractivity contribution is 0.112. The first-order chi connectivity index (χ1) is 11.4. The number of nitrogens with zero attached hydrogens (tertiary/aromatic N) is 2. The van der Waals surface area contributed by atoms with Crippen LogP contribution in [-0.2, 0) is 10.0 Å². The summed E-state index contributed by atoms with van der Waals surface area (Å²) in [5.41, 5.74) is 1.34. The van der Waals surface area contributed by atoms with E-state index in [0.29, 0.717) is 16.9 Å². The minimum absolute atomic E-state index is 0.0101. The standard InChI is InChI=1S/C16H13F2N3O2S/c17-16(18)9-13(16)11-4-6-12(7-5-11)20-24(22,23)15-10-19-14-3-1-2-8-21(14)15/h1-8,10,13,20H,9H2. The zero-order valence-electron chi connectivity index (χ0n) is 12.4. The molecule has 1 unspecified atom stereocenters. The SMILES string of the molecule is O=S(=O)(Nc1ccc(C2CC2(F)F)cc1)c1cnc2ccccn12. The van der Waals surface area contributed by atoms with E-state index in [9.17, 15) is 17.2 Å². The molecule has 5 nitrogen and oxygen atoms in total. The maximum Gasteiger partial charge on any atom is 0.279 e. The number of nitrogens with one attached hydrogen (secondary N) is 1. The molecule has 0 saturated heterocycles. The maximum atomic E-state index is 13.1. The molecule has 1 atom stereocenters. The molecule has 8 heteroatoms. The minimum atomic E-state index is -3.83. The van der Waals surface area contributed by atoms with Crippen molar-refractivity contribution in [1.82, 2.24) is 9.38 Å². The van der Waals surface area contributed by atoms with Crippen molar-refractivity contribution in [3.63, 3.8) is 0 Å². The first-order valence-corrected chi connectivity index (χ1v) is 8.78. The predicted molar refractivity (Wildman–Crippen MR) is 84.7 cm³/mol. The Hall–Kier alpha value is -2.48. The molecule has 0 aliphatic heterocycles. The number of sulfonamides is 1. The van der Waals surface area contributed by atoms with Crippen molar-refractivity contribution >= 4 is 21.4 Å². The molecule has 1 aliphatic carbocycles. The number of pyridine rings is 1. The third-order valence-electron chi connectivity index (χ3n) is 4.05. The molecule has 124 valence electrons. The summed E-state index contributed by atoms with van der Waals surface area (Å²) in [5, 5.41) is 0.0101. The zero-order chi connectivity index (χ0) is 16.9. The van der Waals surface area contributed by atoms with E-state index in [-0.39, 0.29) is 11.4 Å². The van der Waals surface area contributed by atoms with Gasteiger partial charge < -0.3 is 0 Å². The lowest BCUT2D eigenvalue weighted by atomic mass is 10.1. The number of hydrogen-bond donors (Lipinski definition) is 1. The molecule has 0 radical (unpaired) electrons. The number of fused-ring (bicyclic) bond motifs is 1. The Balaban J connectivity index is 1.60. The van der Waals surface area contributed by atoms with Crippen molar-refractivity contribution in [3.05, 3.63) is 60.4 Å². The predicted octanol–water partition coefficient (Wildman–Crippen LogP) is 3.26. The molecular formula is C16H13F2N3O2S. The Kier molecular flexibility index (Phi) is 3.14. The van der Waals surface area contributed by atoms with E-state index in [1.807, 2.05) is 0 Å². The van der Waals surface area contributed by atoms with Crippen molar-refractivity contribution in [2.24, 2.45) is 0 Å². The van der Waals surface area contributed by atoms with Gasteiger partial charge in [-0.15, -0.1) is 0 Å². The molecule has 0 spiro atoms. The van der Waals surface area contributed by atoms with Gasteiger partial charge in [-0.05, 0) is 29.8 Å². The largest absolute Gasteiger partial charge is 0.289 e. The van der Waals surface area contributed by atoms with Crippen LogP contribution >= 0.6 is 0 Å². The van der Waals surface area contributed by atoms with Gasteiger partial charge in [-0.3, -0.25) is 9.12 Å². The molecular weight excluding hydrogens is 336 g/mol. The molecule has 24 heavy (non-hydrogen) atoms. The molecule has 4 rings (SSSR count). The van der Waals surface area contributed by atoms with E-state index >= 15 is 0 Å². The fourth-order valence-corrected chi connectivity index (χ4v) is 3.83. The second-order valence-electron chi connectivity index (χ2n) is 5.77. The fraction of sp³-hybridized carbons (Fsp3) is 0.188. The first-order valence-electron chi connectivity index (χ1n) is 7.29. The Bertz CT molecular complexity index is 1010. The van der Waals surface area contributed by atoms with Crippen LogP contribution < -0.4 is 4.72 Å². The van der Waals surface area contributed by atoms with Crippen LogP contribution in [-0.4, -0.2) is 23.7 Å². The van der Waals surface area contributed by atoms with Gasteiger partial charge in [-0.1, -0.05) is 18.2 Å². The quantitative estimate of drug-likeness (QED) is 0.786. The van der Waals surface area contributed by atoms with Gasteiger partial charge in [-0.2, -0.15) is 8.42 Å². The topological polar surface area (TPSA) is 63.5 Å². The number of halogens is 2. The van der Waals surface area contributed by atoms with Crippen molar-refractivity contribution < 1.29 is 17.2 Å². The molecule has 0 amide bonds. The molecule has 0 bridgehead atoms. The lowest BCUT2D eigenvalue weighted by Crippen LogP contribution is -2.15. The van der Waals surface area contributed by atoms with Gasteiger partial charge in [0.2, 0.25) is 0 Å².